The van der Waals surface area contributed by atoms with Gasteiger partial charge < -0.3 is 4.57 Å². The minimum Gasteiger partial charge on any atom is -0.309 e. The molecule has 3 heterocycles. The molecule has 6 heteroatoms. The Kier molecular flexibility index (Phi) is 6.60. The van der Waals surface area contributed by atoms with Gasteiger partial charge in [0.05, 0.1) is 21.3 Å². The maximum Gasteiger partial charge on any atom is 0.164 e. The number of para-hydroxylation sites is 2. The molecule has 0 aliphatic rings. The Morgan fingerprint density at radius 3 is 1.84 bits per heavy atom. The van der Waals surface area contributed by atoms with Crippen LogP contribution in [0.3, 0.4) is 0 Å². The van der Waals surface area contributed by atoms with E-state index in [4.69, 9.17) is 19.9 Å². The van der Waals surface area contributed by atoms with Crippen LogP contribution in [0.2, 0.25) is 0 Å². The summed E-state index contributed by atoms with van der Waals surface area (Å²) < 4.78 is 3.48. The summed E-state index contributed by atoms with van der Waals surface area (Å²) in [7, 11) is 0. The molecule has 0 aliphatic carbocycles. The van der Waals surface area contributed by atoms with Crippen LogP contribution in [0.25, 0.3) is 93.2 Å². The summed E-state index contributed by atoms with van der Waals surface area (Å²) in [4.78, 5) is 20.4. The average molecular weight is 658 g/mol. The zero-order valence-electron chi connectivity index (χ0n) is 26.7. The van der Waals surface area contributed by atoms with E-state index >= 15 is 0 Å². The van der Waals surface area contributed by atoms with Gasteiger partial charge in [0.1, 0.15) is 5.01 Å². The average Bonchev–Trinajstić information content (AvgIpc) is 3.78. The van der Waals surface area contributed by atoms with Crippen molar-refractivity contribution in [2.45, 2.75) is 0 Å². The van der Waals surface area contributed by atoms with E-state index in [0.29, 0.717) is 17.5 Å². The fourth-order valence-corrected chi connectivity index (χ4v) is 8.05. The number of hydrogen-bond acceptors (Lipinski definition) is 5. The lowest BCUT2D eigenvalue weighted by Gasteiger charge is -2.11. The molecule has 0 bridgehead atoms. The highest BCUT2D eigenvalue weighted by Gasteiger charge is 2.18. The highest BCUT2D eigenvalue weighted by molar-refractivity contribution is 7.22. The molecule has 10 aromatic rings. The van der Waals surface area contributed by atoms with Gasteiger partial charge in [0.2, 0.25) is 0 Å². The van der Waals surface area contributed by atoms with Crippen LogP contribution in [-0.4, -0.2) is 24.5 Å². The topological polar surface area (TPSA) is 56.5 Å². The third-order valence-corrected chi connectivity index (χ3v) is 10.4. The summed E-state index contributed by atoms with van der Waals surface area (Å²) in [5.74, 6) is 1.91. The second-order valence-electron chi connectivity index (χ2n) is 12.3. The summed E-state index contributed by atoms with van der Waals surface area (Å²) in [6.07, 6.45) is 0. The molecule has 10 rings (SSSR count). The van der Waals surface area contributed by atoms with Gasteiger partial charge in [-0.25, -0.2) is 19.9 Å². The predicted octanol–water partition coefficient (Wildman–Crippen LogP) is 11.4. The third-order valence-electron chi connectivity index (χ3n) is 9.29. The Hall–Kier alpha value is -6.50. The largest absolute Gasteiger partial charge is 0.309 e. The molecular formula is C44H27N5S. The van der Waals surface area contributed by atoms with Crippen molar-refractivity contribution >= 4 is 54.1 Å². The van der Waals surface area contributed by atoms with Crippen LogP contribution >= 0.6 is 11.3 Å². The first kappa shape index (κ1) is 28.5. The van der Waals surface area contributed by atoms with E-state index in [1.807, 2.05) is 24.3 Å². The molecule has 0 saturated carbocycles. The molecule has 0 spiro atoms. The monoisotopic (exact) mass is 657 g/mol. The third kappa shape index (κ3) is 4.69. The molecule has 0 aliphatic heterocycles. The van der Waals surface area contributed by atoms with Crippen molar-refractivity contribution in [3.8, 4) is 50.4 Å². The van der Waals surface area contributed by atoms with E-state index in [0.717, 1.165) is 70.4 Å². The maximum atomic E-state index is 5.19. The normalized spacial score (nSPS) is 11.6. The summed E-state index contributed by atoms with van der Waals surface area (Å²) >= 11 is 1.72. The Bertz CT molecular complexity index is 2860. The first-order chi connectivity index (χ1) is 24.8. The van der Waals surface area contributed by atoms with Crippen molar-refractivity contribution in [1.29, 1.82) is 0 Å². The fourth-order valence-electron chi connectivity index (χ4n) is 6.95. The highest BCUT2D eigenvalue weighted by Crippen LogP contribution is 2.39. The van der Waals surface area contributed by atoms with Crippen LogP contribution in [0, 0.1) is 0 Å². The molecule has 0 N–H and O–H groups in total. The summed E-state index contributed by atoms with van der Waals surface area (Å²) in [6.45, 7) is 0. The van der Waals surface area contributed by atoms with Gasteiger partial charge >= 0.3 is 0 Å². The van der Waals surface area contributed by atoms with Crippen LogP contribution in [0.5, 0.6) is 0 Å². The number of hydrogen-bond donors (Lipinski definition) is 0. The van der Waals surface area contributed by atoms with Crippen molar-refractivity contribution < 1.29 is 0 Å². The predicted molar refractivity (Wildman–Crippen MR) is 207 cm³/mol. The van der Waals surface area contributed by atoms with Crippen LogP contribution in [-0.2, 0) is 0 Å². The van der Waals surface area contributed by atoms with Gasteiger partial charge in [0, 0.05) is 44.1 Å². The van der Waals surface area contributed by atoms with Crippen molar-refractivity contribution in [2.75, 3.05) is 0 Å². The molecule has 3 aromatic heterocycles. The van der Waals surface area contributed by atoms with Crippen LogP contribution in [0.4, 0.5) is 0 Å². The zero-order valence-corrected chi connectivity index (χ0v) is 27.5. The standard InChI is InChI=1S/C44H27N5S/c1-4-13-28(14-5-1)41-46-42(30-23-26-39-36(27-30)33-19-10-11-22-38(33)49(39)31-17-8-3-9-18-31)48-43(47-41)35-21-12-20-34-32(35)24-25-37-40(34)50-44(45-37)29-15-6-2-7-16-29/h1-27H. The molecular weight excluding hydrogens is 631 g/mol. The smallest absolute Gasteiger partial charge is 0.164 e. The number of aromatic nitrogens is 5. The van der Waals surface area contributed by atoms with Gasteiger partial charge in [-0.3, -0.25) is 0 Å². The van der Waals surface area contributed by atoms with Crippen molar-refractivity contribution in [3.05, 3.63) is 164 Å². The molecule has 0 amide bonds. The lowest BCUT2D eigenvalue weighted by Crippen LogP contribution is -2.00. The summed E-state index contributed by atoms with van der Waals surface area (Å²) in [6, 6.07) is 56.8. The SMILES string of the molecule is c1ccc(-c2nc(-c3ccc4c(c3)c3ccccc3n4-c3ccccc3)nc(-c3cccc4c3ccc3nc(-c5ccccc5)sc34)n2)cc1. The van der Waals surface area contributed by atoms with E-state index < -0.39 is 0 Å². The van der Waals surface area contributed by atoms with Gasteiger partial charge in [-0.1, -0.05) is 121 Å². The lowest BCUT2D eigenvalue weighted by molar-refractivity contribution is 1.08. The number of fused-ring (bicyclic) bond motifs is 6. The highest BCUT2D eigenvalue weighted by atomic mass is 32.1. The molecule has 0 radical (unpaired) electrons. The number of nitrogens with zero attached hydrogens (tertiary/aromatic N) is 5. The molecule has 5 nitrogen and oxygen atoms in total. The number of rotatable bonds is 5. The molecule has 0 atom stereocenters. The van der Waals surface area contributed by atoms with Crippen LogP contribution in [0.15, 0.2) is 164 Å². The molecule has 234 valence electrons. The number of thiazole rings is 1. The Labute approximate surface area is 291 Å². The van der Waals surface area contributed by atoms with Crippen molar-refractivity contribution in [3.63, 3.8) is 0 Å². The van der Waals surface area contributed by atoms with Crippen molar-refractivity contribution in [1.82, 2.24) is 24.5 Å². The van der Waals surface area contributed by atoms with E-state index in [1.165, 1.54) is 5.39 Å². The lowest BCUT2D eigenvalue weighted by atomic mass is 10.0. The Balaban J connectivity index is 1.18. The Morgan fingerprint density at radius 1 is 0.400 bits per heavy atom. The van der Waals surface area contributed by atoms with Crippen LogP contribution < -0.4 is 0 Å². The summed E-state index contributed by atoms with van der Waals surface area (Å²) in [5, 5.41) is 5.57. The van der Waals surface area contributed by atoms with Crippen molar-refractivity contribution in [2.24, 2.45) is 0 Å². The second-order valence-corrected chi connectivity index (χ2v) is 13.3. The molecule has 0 saturated heterocycles. The first-order valence-corrected chi connectivity index (χ1v) is 17.4. The van der Waals surface area contributed by atoms with E-state index in [1.54, 1.807) is 11.3 Å². The van der Waals surface area contributed by atoms with Crippen LogP contribution in [0.1, 0.15) is 0 Å². The Morgan fingerprint density at radius 2 is 1.04 bits per heavy atom. The number of benzene rings is 7. The quantitative estimate of drug-likeness (QED) is 0.185. The van der Waals surface area contributed by atoms with E-state index in [-0.39, 0.29) is 0 Å². The van der Waals surface area contributed by atoms with Gasteiger partial charge in [-0.2, -0.15) is 0 Å². The maximum absolute atomic E-state index is 5.19. The molecule has 0 unspecified atom stereocenters. The zero-order chi connectivity index (χ0) is 33.0. The first-order valence-electron chi connectivity index (χ1n) is 16.6. The molecule has 7 aromatic carbocycles. The fraction of sp³-hybridized carbons (Fsp3) is 0. The molecule has 0 fully saturated rings. The minimum atomic E-state index is 0.634. The minimum absolute atomic E-state index is 0.634. The van der Waals surface area contributed by atoms with Gasteiger partial charge in [-0.05, 0) is 47.9 Å². The van der Waals surface area contributed by atoms with Gasteiger partial charge in [-0.15, -0.1) is 11.3 Å². The van der Waals surface area contributed by atoms with E-state index in [9.17, 15) is 0 Å². The second kappa shape index (κ2) is 11.6. The summed E-state index contributed by atoms with van der Waals surface area (Å²) in [5.41, 5.74) is 8.37. The van der Waals surface area contributed by atoms with Gasteiger partial charge in [0.15, 0.2) is 17.5 Å². The van der Waals surface area contributed by atoms with Gasteiger partial charge in [0.25, 0.3) is 0 Å². The molecule has 50 heavy (non-hydrogen) atoms. The van der Waals surface area contributed by atoms with E-state index in [2.05, 4.69) is 144 Å².